The molecule has 5 nitrogen and oxygen atoms in total. The Morgan fingerprint density at radius 3 is 2.64 bits per heavy atom. The van der Waals surface area contributed by atoms with Gasteiger partial charge in [-0.25, -0.2) is 8.78 Å². The van der Waals surface area contributed by atoms with Crippen molar-refractivity contribution >= 4 is 11.6 Å². The summed E-state index contributed by atoms with van der Waals surface area (Å²) in [6.45, 7) is 2.19. The highest BCUT2D eigenvalue weighted by Gasteiger charge is 2.18. The van der Waals surface area contributed by atoms with Gasteiger partial charge in [0.05, 0.1) is 0 Å². The molecule has 25 heavy (non-hydrogen) atoms. The third-order valence-electron chi connectivity index (χ3n) is 3.28. The predicted molar refractivity (Wildman–Crippen MR) is 89.4 cm³/mol. The lowest BCUT2D eigenvalue weighted by Crippen LogP contribution is -2.32. The van der Waals surface area contributed by atoms with Crippen molar-refractivity contribution in [3.8, 4) is 5.75 Å². The van der Waals surface area contributed by atoms with E-state index in [0.29, 0.717) is 17.7 Å². The smallest absolute Gasteiger partial charge is 0.273 e. The lowest BCUT2D eigenvalue weighted by molar-refractivity contribution is -0.114. The van der Waals surface area contributed by atoms with Crippen LogP contribution in [0.15, 0.2) is 47.6 Å². The number of carbonyl (C=O) groups excluding carboxylic acids is 1. The molecule has 0 saturated carbocycles. The van der Waals surface area contributed by atoms with Crippen molar-refractivity contribution in [1.29, 1.82) is 0 Å². The van der Waals surface area contributed by atoms with E-state index in [2.05, 4.69) is 10.5 Å². The summed E-state index contributed by atoms with van der Waals surface area (Å²) in [6.07, 6.45) is 0. The van der Waals surface area contributed by atoms with Gasteiger partial charge < -0.3 is 14.9 Å². The second kappa shape index (κ2) is 8.77. The lowest BCUT2D eigenvalue weighted by atomic mass is 10.0. The van der Waals surface area contributed by atoms with Crippen molar-refractivity contribution in [2.45, 2.75) is 13.5 Å². The van der Waals surface area contributed by atoms with Crippen LogP contribution in [0.2, 0.25) is 0 Å². The van der Waals surface area contributed by atoms with Crippen LogP contribution in [0.25, 0.3) is 0 Å². The van der Waals surface area contributed by atoms with Gasteiger partial charge in [0, 0.05) is 18.2 Å². The molecule has 0 heterocycles. The molecule has 0 aromatic heterocycles. The molecule has 2 aromatic carbocycles. The van der Waals surface area contributed by atoms with E-state index in [4.69, 9.17) is 9.57 Å². The van der Waals surface area contributed by atoms with Gasteiger partial charge in [-0.2, -0.15) is 0 Å². The fraction of sp³-hybridized carbons (Fsp3) is 0.222. The summed E-state index contributed by atoms with van der Waals surface area (Å²) < 4.78 is 32.1. The van der Waals surface area contributed by atoms with Crippen molar-refractivity contribution in [2.75, 3.05) is 13.7 Å². The van der Waals surface area contributed by atoms with Crippen LogP contribution in [0, 0.1) is 11.6 Å². The molecule has 2 rings (SSSR count). The maximum atomic E-state index is 13.7. The first-order valence-electron chi connectivity index (χ1n) is 7.62. The molecule has 1 N–H and O–H groups in total. The number of nitrogens with one attached hydrogen (secondary N) is 1. The largest absolute Gasteiger partial charge is 0.486 e. The van der Waals surface area contributed by atoms with Crippen LogP contribution >= 0.6 is 0 Å². The molecule has 2 aromatic rings. The molecule has 0 spiro atoms. The van der Waals surface area contributed by atoms with Crippen LogP contribution in [-0.2, 0) is 16.2 Å². The van der Waals surface area contributed by atoms with Gasteiger partial charge in [0.25, 0.3) is 5.91 Å². The zero-order valence-electron chi connectivity index (χ0n) is 13.9. The number of amides is 1. The Hall–Kier alpha value is -2.96. The molecule has 0 saturated heterocycles. The first-order chi connectivity index (χ1) is 12.1. The van der Waals surface area contributed by atoms with Gasteiger partial charge in [-0.15, -0.1) is 0 Å². The van der Waals surface area contributed by atoms with E-state index in [1.165, 1.54) is 13.2 Å². The fourth-order valence-electron chi connectivity index (χ4n) is 2.17. The zero-order chi connectivity index (χ0) is 18.2. The maximum Gasteiger partial charge on any atom is 0.273 e. The summed E-state index contributed by atoms with van der Waals surface area (Å²) in [7, 11) is 1.34. The van der Waals surface area contributed by atoms with Crippen molar-refractivity contribution in [3.63, 3.8) is 0 Å². The van der Waals surface area contributed by atoms with Crippen LogP contribution in [0.3, 0.4) is 0 Å². The molecule has 7 heteroatoms. The van der Waals surface area contributed by atoms with E-state index < -0.39 is 17.5 Å². The Labute approximate surface area is 144 Å². The van der Waals surface area contributed by atoms with Crippen molar-refractivity contribution in [2.24, 2.45) is 5.16 Å². The second-order valence-corrected chi connectivity index (χ2v) is 5.00. The van der Waals surface area contributed by atoms with E-state index in [1.54, 1.807) is 31.2 Å². The Morgan fingerprint density at radius 1 is 1.20 bits per heavy atom. The van der Waals surface area contributed by atoms with Gasteiger partial charge in [-0.05, 0) is 24.6 Å². The van der Waals surface area contributed by atoms with Gasteiger partial charge in [-0.3, -0.25) is 4.79 Å². The first kappa shape index (κ1) is 18.4. The van der Waals surface area contributed by atoms with E-state index in [1.807, 2.05) is 0 Å². The summed E-state index contributed by atoms with van der Waals surface area (Å²) in [5, 5.41) is 6.44. The summed E-state index contributed by atoms with van der Waals surface area (Å²) in [5.41, 5.74) is 1.19. The molecular weight excluding hydrogens is 330 g/mol. The Kier molecular flexibility index (Phi) is 6.45. The molecule has 0 atom stereocenters. The van der Waals surface area contributed by atoms with Crippen molar-refractivity contribution in [1.82, 2.24) is 5.32 Å². The minimum Gasteiger partial charge on any atom is -0.486 e. The summed E-state index contributed by atoms with van der Waals surface area (Å²) in [4.78, 5) is 16.9. The number of rotatable bonds is 7. The first-order valence-corrected chi connectivity index (χ1v) is 7.62. The van der Waals surface area contributed by atoms with Crippen LogP contribution in [0.1, 0.15) is 18.1 Å². The van der Waals surface area contributed by atoms with Gasteiger partial charge in [-0.1, -0.05) is 29.4 Å². The van der Waals surface area contributed by atoms with E-state index in [-0.39, 0.29) is 18.1 Å². The lowest BCUT2D eigenvalue weighted by Gasteiger charge is -2.13. The van der Waals surface area contributed by atoms with Gasteiger partial charge in [0.2, 0.25) is 0 Å². The topological polar surface area (TPSA) is 59.9 Å². The van der Waals surface area contributed by atoms with E-state index >= 15 is 0 Å². The van der Waals surface area contributed by atoms with Crippen molar-refractivity contribution in [3.05, 3.63) is 65.2 Å². The molecule has 0 unspecified atom stereocenters. The maximum absolute atomic E-state index is 13.7. The molecular formula is C18H18F2N2O3. The molecule has 0 fully saturated rings. The third kappa shape index (κ3) is 4.76. The number of ether oxygens (including phenoxy) is 1. The third-order valence-corrected chi connectivity index (χ3v) is 3.28. The number of oxime groups is 1. The summed E-state index contributed by atoms with van der Waals surface area (Å²) in [5.74, 6) is -1.97. The predicted octanol–water partition coefficient (Wildman–Crippen LogP) is 3.03. The Bertz CT molecular complexity index is 779. The quantitative estimate of drug-likeness (QED) is 0.618. The normalized spacial score (nSPS) is 11.1. The average Bonchev–Trinajstić information content (AvgIpc) is 2.59. The highest BCUT2D eigenvalue weighted by atomic mass is 19.1. The van der Waals surface area contributed by atoms with E-state index in [9.17, 15) is 13.6 Å². The Morgan fingerprint density at radius 2 is 1.96 bits per heavy atom. The molecule has 132 valence electrons. The number of halogens is 2. The molecule has 1 amide bonds. The summed E-state index contributed by atoms with van der Waals surface area (Å²) in [6, 6.07) is 9.97. The number of nitrogens with zero attached hydrogens (tertiary/aromatic N) is 1. The van der Waals surface area contributed by atoms with Crippen LogP contribution in [0.4, 0.5) is 8.78 Å². The molecule has 0 radical (unpaired) electrons. The molecule has 0 aliphatic carbocycles. The molecule has 0 bridgehead atoms. The average molecular weight is 348 g/mol. The highest BCUT2D eigenvalue weighted by Crippen LogP contribution is 2.20. The number of benzene rings is 2. The molecule has 0 aliphatic heterocycles. The van der Waals surface area contributed by atoms with Gasteiger partial charge >= 0.3 is 0 Å². The number of likely N-dealkylation sites (N-methyl/N-ethyl adjacent to an activating group) is 1. The molecule has 0 aliphatic rings. The zero-order valence-corrected chi connectivity index (χ0v) is 13.9. The van der Waals surface area contributed by atoms with Gasteiger partial charge in [0.15, 0.2) is 17.3 Å². The minimum atomic E-state index is -0.799. The monoisotopic (exact) mass is 348 g/mol. The second-order valence-electron chi connectivity index (χ2n) is 5.00. The fourth-order valence-corrected chi connectivity index (χ4v) is 2.17. The summed E-state index contributed by atoms with van der Waals surface area (Å²) >= 11 is 0. The highest BCUT2D eigenvalue weighted by molar-refractivity contribution is 6.45. The minimum absolute atomic E-state index is 0.0269. The van der Waals surface area contributed by atoms with Crippen LogP contribution in [0.5, 0.6) is 5.75 Å². The standard InChI is InChI=1S/C18H18F2N2O3/c1-3-21-18(23)17(22-24-2)14-7-5-4-6-12(14)11-25-16-9-8-13(19)10-15(16)20/h4-10H,3,11H2,1-2H3,(H,21,23)/b22-17+. The van der Waals surface area contributed by atoms with Crippen LogP contribution < -0.4 is 10.1 Å². The number of hydrogen-bond donors (Lipinski definition) is 1. The van der Waals surface area contributed by atoms with E-state index in [0.717, 1.165) is 12.1 Å². The number of carbonyl (C=O) groups is 1. The van der Waals surface area contributed by atoms with Gasteiger partial charge in [0.1, 0.15) is 19.5 Å². The van der Waals surface area contributed by atoms with Crippen LogP contribution in [-0.4, -0.2) is 25.3 Å². The number of hydrogen-bond acceptors (Lipinski definition) is 4. The SMILES string of the molecule is CCNC(=O)/C(=N/OC)c1ccccc1COc1ccc(F)cc1F. The Balaban J connectivity index is 2.27. The van der Waals surface area contributed by atoms with Crippen molar-refractivity contribution < 1.29 is 23.1 Å².